The number of hydrazone groups is 1. The zero-order valence-corrected chi connectivity index (χ0v) is 15.2. The SMILES string of the molecule is COc1cccc(/C=N\NC(=S)NC[C@@H]2CCCO2)c1OC(C)C. The van der Waals surface area contributed by atoms with E-state index >= 15 is 0 Å². The maximum Gasteiger partial charge on any atom is 0.187 e. The van der Waals surface area contributed by atoms with Crippen molar-refractivity contribution in [1.29, 1.82) is 0 Å². The van der Waals surface area contributed by atoms with Crippen LogP contribution in [-0.4, -0.2) is 43.8 Å². The number of hydrogen-bond acceptors (Lipinski definition) is 5. The smallest absolute Gasteiger partial charge is 0.187 e. The Bertz CT molecular complexity index is 572. The summed E-state index contributed by atoms with van der Waals surface area (Å²) in [4.78, 5) is 0. The Hall–Kier alpha value is -1.86. The summed E-state index contributed by atoms with van der Waals surface area (Å²) in [5.41, 5.74) is 3.63. The standard InChI is InChI=1S/C17H25N3O3S/c1-12(2)23-16-13(6-4-8-15(16)21-3)10-19-20-17(24)18-11-14-7-5-9-22-14/h4,6,8,10,12,14H,5,7,9,11H2,1-3H3,(H2,18,20,24)/b19-10-/t14-/m0/s1. The van der Waals surface area contributed by atoms with Crippen molar-refractivity contribution in [2.24, 2.45) is 5.10 Å². The van der Waals surface area contributed by atoms with Crippen LogP contribution in [0.1, 0.15) is 32.3 Å². The largest absolute Gasteiger partial charge is 0.493 e. The van der Waals surface area contributed by atoms with E-state index in [0.717, 1.165) is 25.0 Å². The van der Waals surface area contributed by atoms with Gasteiger partial charge in [-0.1, -0.05) is 6.07 Å². The summed E-state index contributed by atoms with van der Waals surface area (Å²) >= 11 is 5.21. The zero-order chi connectivity index (χ0) is 17.4. The van der Waals surface area contributed by atoms with Crippen LogP contribution in [0.5, 0.6) is 11.5 Å². The van der Waals surface area contributed by atoms with E-state index in [0.29, 0.717) is 23.2 Å². The molecule has 0 spiro atoms. The minimum atomic E-state index is 0.0376. The molecule has 1 aromatic rings. The molecule has 1 aliphatic rings. The van der Waals surface area contributed by atoms with Crippen molar-refractivity contribution in [2.45, 2.75) is 38.9 Å². The summed E-state index contributed by atoms with van der Waals surface area (Å²) in [6, 6.07) is 5.66. The highest BCUT2D eigenvalue weighted by Gasteiger charge is 2.15. The number of nitrogens with one attached hydrogen (secondary N) is 2. The number of hydrogen-bond donors (Lipinski definition) is 2. The van der Waals surface area contributed by atoms with Crippen LogP contribution in [-0.2, 0) is 4.74 Å². The average molecular weight is 351 g/mol. The third-order valence-corrected chi connectivity index (χ3v) is 3.70. The van der Waals surface area contributed by atoms with Crippen LogP contribution in [0, 0.1) is 0 Å². The molecule has 0 aromatic heterocycles. The van der Waals surface area contributed by atoms with Gasteiger partial charge in [-0.2, -0.15) is 5.10 Å². The molecule has 0 aliphatic carbocycles. The van der Waals surface area contributed by atoms with Crippen LogP contribution in [0.25, 0.3) is 0 Å². The van der Waals surface area contributed by atoms with Gasteiger partial charge in [-0.15, -0.1) is 0 Å². The summed E-state index contributed by atoms with van der Waals surface area (Å²) < 4.78 is 16.7. The van der Waals surface area contributed by atoms with Crippen molar-refractivity contribution in [3.8, 4) is 11.5 Å². The zero-order valence-electron chi connectivity index (χ0n) is 14.4. The molecule has 1 aliphatic heterocycles. The average Bonchev–Trinajstić information content (AvgIpc) is 3.07. The second kappa shape index (κ2) is 9.44. The van der Waals surface area contributed by atoms with Gasteiger partial charge in [0.15, 0.2) is 16.6 Å². The van der Waals surface area contributed by atoms with Gasteiger partial charge in [0.25, 0.3) is 0 Å². The van der Waals surface area contributed by atoms with Gasteiger partial charge in [0.2, 0.25) is 0 Å². The first-order valence-electron chi connectivity index (χ1n) is 8.12. The number of rotatable bonds is 7. The van der Waals surface area contributed by atoms with Gasteiger partial charge in [0.1, 0.15) is 0 Å². The predicted molar refractivity (Wildman–Crippen MR) is 99.1 cm³/mol. The summed E-state index contributed by atoms with van der Waals surface area (Å²) in [6.07, 6.45) is 4.12. The van der Waals surface area contributed by atoms with Crippen molar-refractivity contribution in [1.82, 2.24) is 10.7 Å². The molecule has 1 fully saturated rings. The maximum absolute atomic E-state index is 5.83. The number of thiocarbonyl (C=S) groups is 1. The van der Waals surface area contributed by atoms with Gasteiger partial charge in [0, 0.05) is 18.7 Å². The van der Waals surface area contributed by atoms with Gasteiger partial charge < -0.3 is 19.5 Å². The molecular weight excluding hydrogens is 326 g/mol. The van der Waals surface area contributed by atoms with E-state index in [2.05, 4.69) is 15.8 Å². The highest BCUT2D eigenvalue weighted by molar-refractivity contribution is 7.80. The van der Waals surface area contributed by atoms with Crippen LogP contribution >= 0.6 is 12.2 Å². The molecule has 1 atom stereocenters. The van der Waals surface area contributed by atoms with E-state index in [1.807, 2.05) is 32.0 Å². The minimum Gasteiger partial charge on any atom is -0.493 e. The van der Waals surface area contributed by atoms with Crippen LogP contribution in [0.2, 0.25) is 0 Å². The van der Waals surface area contributed by atoms with Gasteiger partial charge in [-0.05, 0) is 51.0 Å². The Kier molecular flexibility index (Phi) is 7.27. The van der Waals surface area contributed by atoms with Crippen LogP contribution in [0.3, 0.4) is 0 Å². The molecular formula is C17H25N3O3S. The fraction of sp³-hybridized carbons (Fsp3) is 0.529. The molecule has 132 valence electrons. The minimum absolute atomic E-state index is 0.0376. The molecule has 24 heavy (non-hydrogen) atoms. The second-order valence-electron chi connectivity index (χ2n) is 5.76. The summed E-state index contributed by atoms with van der Waals surface area (Å²) in [5.74, 6) is 1.34. The van der Waals surface area contributed by atoms with Crippen molar-refractivity contribution in [3.63, 3.8) is 0 Å². The lowest BCUT2D eigenvalue weighted by molar-refractivity contribution is 0.114. The third-order valence-electron chi connectivity index (χ3n) is 3.47. The van der Waals surface area contributed by atoms with Crippen molar-refractivity contribution >= 4 is 23.5 Å². The van der Waals surface area contributed by atoms with Gasteiger partial charge in [-0.25, -0.2) is 0 Å². The Morgan fingerprint density at radius 1 is 1.50 bits per heavy atom. The normalized spacial score (nSPS) is 17.2. The second-order valence-corrected chi connectivity index (χ2v) is 6.17. The Balaban J connectivity index is 1.91. The predicted octanol–water partition coefficient (Wildman–Crippen LogP) is 2.46. The van der Waals surface area contributed by atoms with E-state index in [1.54, 1.807) is 13.3 Å². The third kappa shape index (κ3) is 5.65. The molecule has 2 rings (SSSR count). The highest BCUT2D eigenvalue weighted by Crippen LogP contribution is 2.30. The van der Waals surface area contributed by atoms with E-state index in [9.17, 15) is 0 Å². The summed E-state index contributed by atoms with van der Waals surface area (Å²) in [5, 5.41) is 7.75. The van der Waals surface area contributed by atoms with Gasteiger partial charge >= 0.3 is 0 Å². The monoisotopic (exact) mass is 351 g/mol. The first kappa shape index (κ1) is 18.5. The molecule has 7 heteroatoms. The Morgan fingerprint density at radius 3 is 3.00 bits per heavy atom. The fourth-order valence-corrected chi connectivity index (χ4v) is 2.50. The Labute approximate surface area is 148 Å². The van der Waals surface area contributed by atoms with E-state index in [-0.39, 0.29) is 12.2 Å². The number of methoxy groups -OCH3 is 1. The highest BCUT2D eigenvalue weighted by atomic mass is 32.1. The van der Waals surface area contributed by atoms with E-state index < -0.39 is 0 Å². The lowest BCUT2D eigenvalue weighted by atomic mass is 10.2. The van der Waals surface area contributed by atoms with E-state index in [4.69, 9.17) is 26.4 Å². The number of ether oxygens (including phenoxy) is 3. The van der Waals surface area contributed by atoms with Crippen molar-refractivity contribution in [3.05, 3.63) is 23.8 Å². The first-order chi connectivity index (χ1) is 11.6. The maximum atomic E-state index is 5.83. The molecule has 0 radical (unpaired) electrons. The number of benzene rings is 1. The molecule has 2 N–H and O–H groups in total. The van der Waals surface area contributed by atoms with E-state index in [1.165, 1.54) is 0 Å². The molecule has 0 amide bonds. The van der Waals surface area contributed by atoms with Crippen molar-refractivity contribution in [2.75, 3.05) is 20.3 Å². The summed E-state index contributed by atoms with van der Waals surface area (Å²) in [6.45, 7) is 5.47. The molecule has 0 saturated carbocycles. The lowest BCUT2D eigenvalue weighted by Crippen LogP contribution is -2.37. The molecule has 1 aromatic carbocycles. The molecule has 0 bridgehead atoms. The van der Waals surface area contributed by atoms with Crippen LogP contribution < -0.4 is 20.2 Å². The topological polar surface area (TPSA) is 64.1 Å². The lowest BCUT2D eigenvalue weighted by Gasteiger charge is -2.15. The molecule has 1 saturated heterocycles. The quantitative estimate of drug-likeness (QED) is 0.447. The first-order valence-corrected chi connectivity index (χ1v) is 8.53. The Morgan fingerprint density at radius 2 is 2.33 bits per heavy atom. The fourth-order valence-electron chi connectivity index (χ4n) is 2.37. The van der Waals surface area contributed by atoms with Gasteiger partial charge in [0.05, 0.1) is 25.5 Å². The van der Waals surface area contributed by atoms with Crippen LogP contribution in [0.15, 0.2) is 23.3 Å². The van der Waals surface area contributed by atoms with Gasteiger partial charge in [-0.3, -0.25) is 5.43 Å². The molecule has 1 heterocycles. The van der Waals surface area contributed by atoms with Crippen molar-refractivity contribution < 1.29 is 14.2 Å². The van der Waals surface area contributed by atoms with Crippen LogP contribution in [0.4, 0.5) is 0 Å². The molecule has 6 nitrogen and oxygen atoms in total. The number of nitrogens with zero attached hydrogens (tertiary/aromatic N) is 1. The number of para-hydroxylation sites is 1. The molecule has 0 unspecified atom stereocenters. The summed E-state index contributed by atoms with van der Waals surface area (Å²) in [7, 11) is 1.62.